The number of benzene rings is 2. The van der Waals surface area contributed by atoms with Gasteiger partial charge in [-0.2, -0.15) is 8.42 Å². The third-order valence-corrected chi connectivity index (χ3v) is 6.20. The molecule has 0 aliphatic carbocycles. The monoisotopic (exact) mass is 425 g/mol. The van der Waals surface area contributed by atoms with Crippen molar-refractivity contribution in [3.63, 3.8) is 0 Å². The van der Waals surface area contributed by atoms with E-state index in [0.29, 0.717) is 43.6 Å². The van der Waals surface area contributed by atoms with Crippen LogP contribution in [0.1, 0.15) is 11.3 Å². The van der Waals surface area contributed by atoms with Crippen molar-refractivity contribution < 1.29 is 17.7 Å². The number of sulfonamides is 1. The molecule has 0 amide bonds. The Morgan fingerprint density at radius 2 is 1.77 bits per heavy atom. The van der Waals surface area contributed by atoms with Crippen molar-refractivity contribution in [1.82, 2.24) is 10.1 Å². The van der Waals surface area contributed by atoms with Crippen LogP contribution in [-0.4, -0.2) is 50.6 Å². The molecule has 30 heavy (non-hydrogen) atoms. The Bertz CT molecular complexity index is 1120. The van der Waals surface area contributed by atoms with E-state index in [2.05, 4.69) is 9.55 Å². The zero-order chi connectivity index (χ0) is 21.0. The van der Waals surface area contributed by atoms with Gasteiger partial charge in [-0.15, -0.1) is 4.40 Å². The fourth-order valence-electron chi connectivity index (χ4n) is 3.22. The number of ether oxygens (including phenoxy) is 1. The van der Waals surface area contributed by atoms with E-state index < -0.39 is 10.0 Å². The Balaban J connectivity index is 1.64. The van der Waals surface area contributed by atoms with Crippen LogP contribution in [0, 0.1) is 6.92 Å². The number of aryl methyl sites for hydroxylation is 1. The van der Waals surface area contributed by atoms with Crippen molar-refractivity contribution in [2.75, 3.05) is 26.3 Å². The van der Waals surface area contributed by atoms with Crippen molar-refractivity contribution in [3.05, 3.63) is 72.0 Å². The van der Waals surface area contributed by atoms with Crippen LogP contribution in [0.15, 0.2) is 74.5 Å². The number of rotatable bonds is 5. The summed E-state index contributed by atoms with van der Waals surface area (Å²) >= 11 is 0. The van der Waals surface area contributed by atoms with Crippen LogP contribution in [0.5, 0.6) is 0 Å². The molecule has 0 N–H and O–H groups in total. The van der Waals surface area contributed by atoms with E-state index in [9.17, 15) is 8.42 Å². The third-order valence-electron chi connectivity index (χ3n) is 4.88. The first-order valence-electron chi connectivity index (χ1n) is 9.75. The van der Waals surface area contributed by atoms with Gasteiger partial charge in [-0.25, -0.2) is 0 Å². The summed E-state index contributed by atoms with van der Waals surface area (Å²) in [5.74, 6) is 0.979. The minimum atomic E-state index is -3.85. The number of nitrogens with zero attached hydrogens (tertiary/aromatic N) is 3. The fourth-order valence-corrected chi connectivity index (χ4v) is 4.26. The van der Waals surface area contributed by atoms with Gasteiger partial charge >= 0.3 is 0 Å². The van der Waals surface area contributed by atoms with Crippen LogP contribution in [-0.2, 0) is 21.2 Å². The molecule has 0 saturated carbocycles. The third kappa shape index (κ3) is 4.77. The van der Waals surface area contributed by atoms with Gasteiger partial charge in [0.1, 0.15) is 17.3 Å². The Morgan fingerprint density at radius 3 is 2.47 bits per heavy atom. The Hall–Kier alpha value is -2.97. The van der Waals surface area contributed by atoms with Crippen LogP contribution in [0.4, 0.5) is 0 Å². The Labute approximate surface area is 176 Å². The number of hydrogen-bond acceptors (Lipinski definition) is 5. The summed E-state index contributed by atoms with van der Waals surface area (Å²) in [5, 5.41) is 4.13. The van der Waals surface area contributed by atoms with Crippen LogP contribution in [0.25, 0.3) is 11.3 Å². The van der Waals surface area contributed by atoms with Crippen LogP contribution >= 0.6 is 0 Å². The zero-order valence-corrected chi connectivity index (χ0v) is 17.5. The standard InChI is InChI=1S/C22H23N3O4S/c1-17-7-9-20(10-8-17)30(26,27)24-22(25-11-13-28-14-12-25)16-19-15-21(23-29-19)18-5-3-2-4-6-18/h2-10,15H,11-14,16H2,1H3/b24-22-. The zero-order valence-electron chi connectivity index (χ0n) is 16.7. The van der Waals surface area contributed by atoms with E-state index >= 15 is 0 Å². The minimum absolute atomic E-state index is 0.168. The van der Waals surface area contributed by atoms with E-state index in [1.165, 1.54) is 0 Å². The second kappa shape index (κ2) is 8.81. The van der Waals surface area contributed by atoms with E-state index in [1.54, 1.807) is 24.3 Å². The summed E-state index contributed by atoms with van der Waals surface area (Å²) in [7, 11) is -3.85. The van der Waals surface area contributed by atoms with Gasteiger partial charge in [0.15, 0.2) is 0 Å². The van der Waals surface area contributed by atoms with Crippen molar-refractivity contribution in [2.45, 2.75) is 18.2 Å². The lowest BCUT2D eigenvalue weighted by atomic mass is 10.1. The lowest BCUT2D eigenvalue weighted by Gasteiger charge is -2.29. The molecule has 0 unspecified atom stereocenters. The number of amidine groups is 1. The van der Waals surface area contributed by atoms with Gasteiger partial charge in [-0.05, 0) is 19.1 Å². The van der Waals surface area contributed by atoms with Gasteiger partial charge in [0.2, 0.25) is 0 Å². The lowest BCUT2D eigenvalue weighted by molar-refractivity contribution is 0.0673. The first kappa shape index (κ1) is 20.3. The molecule has 0 radical (unpaired) electrons. The van der Waals surface area contributed by atoms with Gasteiger partial charge in [0.25, 0.3) is 10.0 Å². The predicted octanol–water partition coefficient (Wildman–Crippen LogP) is 3.31. The summed E-state index contributed by atoms with van der Waals surface area (Å²) in [4.78, 5) is 2.10. The van der Waals surface area contributed by atoms with E-state index in [-0.39, 0.29) is 11.3 Å². The molecule has 156 valence electrons. The average molecular weight is 426 g/mol. The quantitative estimate of drug-likeness (QED) is 0.461. The molecule has 1 aromatic heterocycles. The molecule has 3 aromatic rings. The van der Waals surface area contributed by atoms with Gasteiger partial charge < -0.3 is 14.2 Å². The summed E-state index contributed by atoms with van der Waals surface area (Å²) in [5.41, 5.74) is 2.62. The predicted molar refractivity (Wildman–Crippen MR) is 114 cm³/mol. The molecule has 0 atom stereocenters. The topological polar surface area (TPSA) is 85.0 Å². The number of aromatic nitrogens is 1. The average Bonchev–Trinajstić information content (AvgIpc) is 3.23. The Morgan fingerprint density at radius 1 is 1.07 bits per heavy atom. The molecule has 0 bridgehead atoms. The van der Waals surface area contributed by atoms with Crippen molar-refractivity contribution in [2.24, 2.45) is 4.40 Å². The molecule has 7 nitrogen and oxygen atoms in total. The summed E-state index contributed by atoms with van der Waals surface area (Å²) in [6.45, 7) is 4.10. The highest BCUT2D eigenvalue weighted by Gasteiger charge is 2.22. The molecule has 2 aromatic carbocycles. The van der Waals surface area contributed by atoms with Gasteiger partial charge in [0, 0.05) is 24.7 Å². The highest BCUT2D eigenvalue weighted by molar-refractivity contribution is 7.90. The molecule has 1 saturated heterocycles. The first-order chi connectivity index (χ1) is 14.5. The lowest BCUT2D eigenvalue weighted by Crippen LogP contribution is -2.42. The Kier molecular flexibility index (Phi) is 5.96. The minimum Gasteiger partial charge on any atom is -0.378 e. The highest BCUT2D eigenvalue weighted by atomic mass is 32.2. The maximum atomic E-state index is 12.9. The largest absolute Gasteiger partial charge is 0.378 e. The van der Waals surface area contributed by atoms with E-state index in [0.717, 1.165) is 11.1 Å². The molecule has 1 aliphatic rings. The SMILES string of the molecule is Cc1ccc(S(=O)(=O)/N=C(/Cc2cc(-c3ccccc3)no2)N2CCOCC2)cc1. The van der Waals surface area contributed by atoms with E-state index in [1.807, 2.05) is 48.2 Å². The molecule has 0 spiro atoms. The van der Waals surface area contributed by atoms with Crippen LogP contribution in [0.3, 0.4) is 0 Å². The smallest absolute Gasteiger partial charge is 0.283 e. The summed E-state index contributed by atoms with van der Waals surface area (Å²) < 4.78 is 40.9. The van der Waals surface area contributed by atoms with E-state index in [4.69, 9.17) is 9.26 Å². The van der Waals surface area contributed by atoms with Crippen molar-refractivity contribution in [1.29, 1.82) is 0 Å². The summed E-state index contributed by atoms with van der Waals surface area (Å²) in [6, 6.07) is 18.2. The molecular weight excluding hydrogens is 402 g/mol. The molecule has 2 heterocycles. The maximum absolute atomic E-state index is 12.9. The fraction of sp³-hybridized carbons (Fsp3) is 0.273. The van der Waals surface area contributed by atoms with Crippen molar-refractivity contribution >= 4 is 15.9 Å². The summed E-state index contributed by atoms with van der Waals surface area (Å²) in [6.07, 6.45) is 0.227. The van der Waals surface area contributed by atoms with Gasteiger partial charge in [-0.3, -0.25) is 0 Å². The van der Waals surface area contributed by atoms with Crippen molar-refractivity contribution in [3.8, 4) is 11.3 Å². The van der Waals surface area contributed by atoms with Crippen LogP contribution < -0.4 is 0 Å². The highest BCUT2D eigenvalue weighted by Crippen LogP contribution is 2.21. The first-order valence-corrected chi connectivity index (χ1v) is 11.2. The van der Waals surface area contributed by atoms with Crippen LogP contribution in [0.2, 0.25) is 0 Å². The van der Waals surface area contributed by atoms with Gasteiger partial charge in [0.05, 0.1) is 24.5 Å². The molecule has 4 rings (SSSR count). The molecule has 1 fully saturated rings. The number of hydrogen-bond donors (Lipinski definition) is 0. The van der Waals surface area contributed by atoms with Gasteiger partial charge in [-0.1, -0.05) is 53.2 Å². The molecule has 1 aliphatic heterocycles. The number of morpholine rings is 1. The second-order valence-corrected chi connectivity index (χ2v) is 8.72. The second-order valence-electron chi connectivity index (χ2n) is 7.12. The maximum Gasteiger partial charge on any atom is 0.283 e. The normalized spacial score (nSPS) is 15.4. The molecule has 8 heteroatoms. The molecular formula is C22H23N3O4S.